The molecule has 5 heteroatoms. The first-order chi connectivity index (χ1) is 8.16. The first-order valence-electron chi connectivity index (χ1n) is 5.04. The molecule has 17 heavy (non-hydrogen) atoms. The molecule has 0 saturated carbocycles. The van der Waals surface area contributed by atoms with Gasteiger partial charge < -0.3 is 5.11 Å². The van der Waals surface area contributed by atoms with Crippen LogP contribution < -0.4 is 0 Å². The number of hydrogen-bond donors (Lipinski definition) is 1. The van der Waals surface area contributed by atoms with Gasteiger partial charge in [-0.25, -0.2) is 0 Å². The number of nitrogens with zero attached hydrogens (tertiary/aromatic N) is 2. The van der Waals surface area contributed by atoms with E-state index < -0.39 is 6.10 Å². The van der Waals surface area contributed by atoms with E-state index in [0.717, 1.165) is 5.56 Å². The summed E-state index contributed by atoms with van der Waals surface area (Å²) in [5.74, 6) is 0. The molecule has 0 fully saturated rings. The van der Waals surface area contributed by atoms with E-state index in [2.05, 4.69) is 9.97 Å². The third-order valence-electron chi connectivity index (χ3n) is 2.36. The monoisotopic (exact) mass is 268 g/mol. The number of halogens is 2. The molecular weight excluding hydrogens is 259 g/mol. The van der Waals surface area contributed by atoms with Gasteiger partial charge in [-0.15, -0.1) is 0 Å². The van der Waals surface area contributed by atoms with Gasteiger partial charge in [0.2, 0.25) is 0 Å². The maximum atomic E-state index is 10.0. The summed E-state index contributed by atoms with van der Waals surface area (Å²) in [5, 5.41) is 11.1. The number of aliphatic hydroxyl groups excluding tert-OH is 1. The first kappa shape index (κ1) is 12.3. The highest BCUT2D eigenvalue weighted by atomic mass is 35.5. The van der Waals surface area contributed by atoms with Crippen molar-refractivity contribution >= 4 is 23.2 Å². The van der Waals surface area contributed by atoms with Crippen LogP contribution in [0.3, 0.4) is 0 Å². The molecule has 0 aliphatic heterocycles. The Labute approximate surface area is 109 Å². The average molecular weight is 269 g/mol. The molecule has 0 aliphatic rings. The minimum atomic E-state index is -0.702. The SMILES string of the molecule is OC(Cc1ccncc1Cl)c1ccc(Cl)cn1. The van der Waals surface area contributed by atoms with E-state index in [-0.39, 0.29) is 0 Å². The van der Waals surface area contributed by atoms with Crippen LogP contribution in [-0.4, -0.2) is 15.1 Å². The minimum absolute atomic E-state index is 0.399. The molecule has 0 bridgehead atoms. The second kappa shape index (κ2) is 5.45. The van der Waals surface area contributed by atoms with Crippen molar-refractivity contribution in [2.45, 2.75) is 12.5 Å². The van der Waals surface area contributed by atoms with Crippen molar-refractivity contribution in [2.24, 2.45) is 0 Å². The number of rotatable bonds is 3. The van der Waals surface area contributed by atoms with Crippen molar-refractivity contribution in [3.63, 3.8) is 0 Å². The average Bonchev–Trinajstić information content (AvgIpc) is 2.33. The van der Waals surface area contributed by atoms with E-state index in [0.29, 0.717) is 22.2 Å². The molecule has 2 rings (SSSR count). The maximum Gasteiger partial charge on any atom is 0.1000 e. The highest BCUT2D eigenvalue weighted by Gasteiger charge is 2.11. The van der Waals surface area contributed by atoms with Gasteiger partial charge in [0.05, 0.1) is 21.8 Å². The van der Waals surface area contributed by atoms with Gasteiger partial charge in [-0.3, -0.25) is 9.97 Å². The Bertz CT molecular complexity index is 502. The van der Waals surface area contributed by atoms with Gasteiger partial charge in [0, 0.05) is 25.0 Å². The van der Waals surface area contributed by atoms with Gasteiger partial charge in [-0.1, -0.05) is 23.2 Å². The Morgan fingerprint density at radius 2 is 2.00 bits per heavy atom. The van der Waals surface area contributed by atoms with E-state index in [1.54, 1.807) is 30.6 Å². The van der Waals surface area contributed by atoms with Crippen LogP contribution in [0.4, 0.5) is 0 Å². The van der Waals surface area contributed by atoms with Crippen LogP contribution in [-0.2, 0) is 6.42 Å². The van der Waals surface area contributed by atoms with E-state index >= 15 is 0 Å². The molecule has 0 amide bonds. The van der Waals surface area contributed by atoms with Crippen molar-refractivity contribution in [3.05, 3.63) is 58.1 Å². The van der Waals surface area contributed by atoms with Crippen molar-refractivity contribution < 1.29 is 5.11 Å². The van der Waals surface area contributed by atoms with Gasteiger partial charge in [0.1, 0.15) is 0 Å². The predicted octanol–water partition coefficient (Wildman–Crippen LogP) is 3.06. The standard InChI is InChI=1S/C12H10Cl2N2O/c13-9-1-2-11(16-6-9)12(17)5-8-3-4-15-7-10(8)14/h1-4,6-7,12,17H,5H2. The highest BCUT2D eigenvalue weighted by Crippen LogP contribution is 2.22. The number of aliphatic hydroxyl groups is 1. The van der Waals surface area contributed by atoms with E-state index in [1.807, 2.05) is 0 Å². The van der Waals surface area contributed by atoms with Crippen molar-refractivity contribution in [2.75, 3.05) is 0 Å². The maximum absolute atomic E-state index is 10.0. The second-order valence-electron chi connectivity index (χ2n) is 3.59. The summed E-state index contributed by atoms with van der Waals surface area (Å²) >= 11 is 11.7. The molecule has 0 aliphatic carbocycles. The van der Waals surface area contributed by atoms with Gasteiger partial charge in [-0.2, -0.15) is 0 Å². The van der Waals surface area contributed by atoms with Gasteiger partial charge in [0.15, 0.2) is 0 Å². The minimum Gasteiger partial charge on any atom is -0.386 e. The van der Waals surface area contributed by atoms with Gasteiger partial charge in [0.25, 0.3) is 0 Å². The zero-order valence-electron chi connectivity index (χ0n) is 8.85. The molecule has 2 aromatic rings. The molecule has 0 saturated heterocycles. The molecule has 0 aromatic carbocycles. The van der Waals surface area contributed by atoms with Crippen LogP contribution in [0.2, 0.25) is 10.0 Å². The van der Waals surface area contributed by atoms with Crippen molar-refractivity contribution in [1.82, 2.24) is 9.97 Å². The van der Waals surface area contributed by atoms with Crippen LogP contribution in [0, 0.1) is 0 Å². The smallest absolute Gasteiger partial charge is 0.1000 e. The number of hydrogen-bond acceptors (Lipinski definition) is 3. The Morgan fingerprint density at radius 1 is 1.18 bits per heavy atom. The third-order valence-corrected chi connectivity index (χ3v) is 2.93. The number of aromatic nitrogens is 2. The lowest BCUT2D eigenvalue weighted by Crippen LogP contribution is -2.04. The fraction of sp³-hybridized carbons (Fsp3) is 0.167. The topological polar surface area (TPSA) is 46.0 Å². The Kier molecular flexibility index (Phi) is 3.94. The molecule has 88 valence electrons. The summed E-state index contributed by atoms with van der Waals surface area (Å²) in [5.41, 5.74) is 1.41. The normalized spacial score (nSPS) is 12.4. The zero-order valence-corrected chi connectivity index (χ0v) is 10.4. The zero-order chi connectivity index (χ0) is 12.3. The second-order valence-corrected chi connectivity index (χ2v) is 4.43. The summed E-state index contributed by atoms with van der Waals surface area (Å²) in [6.07, 6.45) is 4.40. The van der Waals surface area contributed by atoms with Crippen molar-refractivity contribution in [1.29, 1.82) is 0 Å². The van der Waals surface area contributed by atoms with E-state index in [9.17, 15) is 5.11 Å². The molecule has 1 atom stereocenters. The molecule has 2 aromatic heterocycles. The number of pyridine rings is 2. The van der Waals surface area contributed by atoms with Crippen LogP contribution in [0.5, 0.6) is 0 Å². The molecule has 2 heterocycles. The molecule has 1 N–H and O–H groups in total. The first-order valence-corrected chi connectivity index (χ1v) is 5.80. The summed E-state index contributed by atoms with van der Waals surface area (Å²) in [7, 11) is 0. The summed E-state index contributed by atoms with van der Waals surface area (Å²) in [6.45, 7) is 0. The lowest BCUT2D eigenvalue weighted by molar-refractivity contribution is 0.173. The Hall–Kier alpha value is -1.16. The lowest BCUT2D eigenvalue weighted by Gasteiger charge is -2.10. The molecular formula is C12H10Cl2N2O. The fourth-order valence-corrected chi connectivity index (χ4v) is 1.78. The van der Waals surface area contributed by atoms with Gasteiger partial charge >= 0.3 is 0 Å². The van der Waals surface area contributed by atoms with Crippen LogP contribution >= 0.6 is 23.2 Å². The predicted molar refractivity (Wildman–Crippen MR) is 67.2 cm³/mol. The summed E-state index contributed by atoms with van der Waals surface area (Å²) < 4.78 is 0. The van der Waals surface area contributed by atoms with E-state index in [1.165, 1.54) is 6.20 Å². The van der Waals surface area contributed by atoms with Crippen LogP contribution in [0.25, 0.3) is 0 Å². The third kappa shape index (κ3) is 3.16. The van der Waals surface area contributed by atoms with E-state index in [4.69, 9.17) is 23.2 Å². The Balaban J connectivity index is 2.14. The van der Waals surface area contributed by atoms with Crippen molar-refractivity contribution in [3.8, 4) is 0 Å². The Morgan fingerprint density at radius 3 is 2.65 bits per heavy atom. The lowest BCUT2D eigenvalue weighted by atomic mass is 10.1. The summed E-state index contributed by atoms with van der Waals surface area (Å²) in [4.78, 5) is 7.95. The highest BCUT2D eigenvalue weighted by molar-refractivity contribution is 6.31. The summed E-state index contributed by atoms with van der Waals surface area (Å²) in [6, 6.07) is 5.17. The van der Waals surface area contributed by atoms with Gasteiger partial charge in [-0.05, 0) is 23.8 Å². The molecule has 0 radical (unpaired) electrons. The van der Waals surface area contributed by atoms with Crippen LogP contribution in [0.1, 0.15) is 17.4 Å². The quantitative estimate of drug-likeness (QED) is 0.931. The molecule has 0 spiro atoms. The largest absolute Gasteiger partial charge is 0.386 e. The van der Waals surface area contributed by atoms with Crippen LogP contribution in [0.15, 0.2) is 36.8 Å². The molecule has 3 nitrogen and oxygen atoms in total. The fourth-order valence-electron chi connectivity index (χ4n) is 1.47. The molecule has 1 unspecified atom stereocenters.